The van der Waals surface area contributed by atoms with E-state index in [0.717, 1.165) is 99.5 Å². The summed E-state index contributed by atoms with van der Waals surface area (Å²) in [6.45, 7) is 0. The molecule has 12 aromatic rings. The predicted octanol–water partition coefficient (Wildman–Crippen LogP) is 15.0. The first-order valence-corrected chi connectivity index (χ1v) is 23.1. The fourth-order valence-electron chi connectivity index (χ4n) is 10.2. The fraction of sp³-hybridized carbons (Fsp3) is 0. The van der Waals surface area contributed by atoms with Crippen molar-refractivity contribution in [2.45, 2.75) is 0 Å². The molecule has 3 heterocycles. The van der Waals surface area contributed by atoms with Gasteiger partial charge in [-0.1, -0.05) is 121 Å². The predicted molar refractivity (Wildman–Crippen MR) is 284 cm³/mol. The van der Waals surface area contributed by atoms with Gasteiger partial charge in [0.05, 0.1) is 91.4 Å². The smallest absolute Gasteiger partial charge is 0.104 e. The summed E-state index contributed by atoms with van der Waals surface area (Å²) in [6, 6.07) is 79.2. The molecule has 0 bridgehead atoms. The lowest BCUT2D eigenvalue weighted by molar-refractivity contribution is 1.12. The second-order valence-electron chi connectivity index (χ2n) is 17.5. The molecule has 330 valence electrons. The molecule has 0 amide bonds. The van der Waals surface area contributed by atoms with Gasteiger partial charge in [-0.2, -0.15) is 26.3 Å². The van der Waals surface area contributed by atoms with E-state index in [0.29, 0.717) is 39.2 Å². The van der Waals surface area contributed by atoms with Crippen molar-refractivity contribution in [3.63, 3.8) is 0 Å². The van der Waals surface area contributed by atoms with Crippen molar-refractivity contribution < 1.29 is 0 Å². The zero-order valence-corrected chi connectivity index (χ0v) is 38.2. The third-order valence-corrected chi connectivity index (χ3v) is 13.5. The second-order valence-corrected chi connectivity index (χ2v) is 17.5. The highest BCUT2D eigenvalue weighted by molar-refractivity contribution is 6.13. The van der Waals surface area contributed by atoms with E-state index in [4.69, 9.17) is 4.98 Å². The number of fused-ring (bicyclic) bond motifs is 6. The number of para-hydroxylation sites is 2. The molecule has 8 heteroatoms. The Morgan fingerprint density at radius 2 is 0.722 bits per heavy atom. The van der Waals surface area contributed by atoms with Crippen molar-refractivity contribution in [2.75, 3.05) is 0 Å². The van der Waals surface area contributed by atoms with Crippen LogP contribution in [0.1, 0.15) is 27.8 Å². The van der Waals surface area contributed by atoms with Crippen molar-refractivity contribution in [1.82, 2.24) is 14.1 Å². The number of nitriles is 5. The Hall–Kier alpha value is -10.8. The van der Waals surface area contributed by atoms with Gasteiger partial charge in [-0.25, -0.2) is 4.98 Å². The minimum atomic E-state index is 0.407. The summed E-state index contributed by atoms with van der Waals surface area (Å²) in [5.41, 5.74) is 15.3. The Kier molecular flexibility index (Phi) is 10.3. The van der Waals surface area contributed by atoms with Gasteiger partial charge in [0.1, 0.15) is 11.6 Å². The van der Waals surface area contributed by atoms with Crippen molar-refractivity contribution in [1.29, 1.82) is 26.3 Å². The Morgan fingerprint density at radius 3 is 1.15 bits per heavy atom. The van der Waals surface area contributed by atoms with Crippen LogP contribution in [0.25, 0.3) is 111 Å². The molecule has 72 heavy (non-hydrogen) atoms. The average Bonchev–Trinajstić information content (AvgIpc) is 3.96. The van der Waals surface area contributed by atoms with Crippen LogP contribution in [0.2, 0.25) is 0 Å². The first kappa shape index (κ1) is 42.5. The fourth-order valence-corrected chi connectivity index (χ4v) is 10.2. The lowest BCUT2D eigenvalue weighted by Gasteiger charge is -2.19. The summed E-state index contributed by atoms with van der Waals surface area (Å²) in [4.78, 5) is 5.22. The van der Waals surface area contributed by atoms with Gasteiger partial charge in [0.15, 0.2) is 0 Å². The van der Waals surface area contributed by atoms with Crippen LogP contribution in [-0.4, -0.2) is 14.1 Å². The van der Waals surface area contributed by atoms with Crippen LogP contribution >= 0.6 is 0 Å². The molecule has 0 aliphatic rings. The van der Waals surface area contributed by atoms with Crippen LogP contribution in [0.5, 0.6) is 0 Å². The van der Waals surface area contributed by atoms with Gasteiger partial charge < -0.3 is 9.13 Å². The molecule has 0 N–H and O–H groups in total. The summed E-state index contributed by atoms with van der Waals surface area (Å²) >= 11 is 0. The van der Waals surface area contributed by atoms with Gasteiger partial charge in [-0.05, 0) is 118 Å². The van der Waals surface area contributed by atoms with E-state index in [2.05, 4.69) is 124 Å². The Morgan fingerprint density at radius 1 is 0.306 bits per heavy atom. The first-order chi connectivity index (χ1) is 35.5. The number of aromatic nitrogens is 3. The number of hydrogen-bond acceptors (Lipinski definition) is 6. The van der Waals surface area contributed by atoms with Crippen LogP contribution in [0, 0.1) is 56.7 Å². The monoisotopic (exact) mass is 914 g/mol. The van der Waals surface area contributed by atoms with E-state index in [1.807, 2.05) is 97.1 Å². The normalized spacial score (nSPS) is 11.0. The topological polar surface area (TPSA) is 142 Å². The number of nitrogens with zero attached hydrogens (tertiary/aromatic N) is 8. The summed E-state index contributed by atoms with van der Waals surface area (Å²) < 4.78 is 4.34. The third-order valence-electron chi connectivity index (χ3n) is 13.5. The summed E-state index contributed by atoms with van der Waals surface area (Å²) in [7, 11) is 0. The highest BCUT2D eigenvalue weighted by atomic mass is 15.0. The van der Waals surface area contributed by atoms with Crippen molar-refractivity contribution >= 4 is 43.6 Å². The molecule has 0 atom stereocenters. The molecule has 0 saturated heterocycles. The van der Waals surface area contributed by atoms with Crippen LogP contribution in [0.3, 0.4) is 0 Å². The number of pyridine rings is 1. The third kappa shape index (κ3) is 7.00. The highest BCUT2D eigenvalue weighted by Gasteiger charge is 2.24. The Bertz CT molecular complexity index is 4180. The van der Waals surface area contributed by atoms with Crippen LogP contribution in [0.4, 0.5) is 0 Å². The highest BCUT2D eigenvalue weighted by Crippen LogP contribution is 2.43. The zero-order chi connectivity index (χ0) is 48.9. The molecule has 3 aromatic heterocycles. The molecule has 0 radical (unpaired) electrons. The summed E-state index contributed by atoms with van der Waals surface area (Å²) in [5.74, 6) is 0. The standard InChI is InChI=1S/C64H34N8/c65-35-40-19-23-50(48(27-40)37-67)44-21-25-61-54(29-44)52-15-7-9-17-59(52)71(61)63-33-47(46-31-57(42-11-3-1-4-12-42)70-58(32-46)43-13-5-2-6-14-43)34-64(56(63)39-69)72-60-18-10-8-16-53(60)55-30-45(22-26-62(55)72)51-24-20-41(36-66)28-49(51)38-68/h1-34H. The molecule has 0 unspecified atom stereocenters. The van der Waals surface area contributed by atoms with Crippen LogP contribution in [0.15, 0.2) is 206 Å². The quantitative estimate of drug-likeness (QED) is 0.156. The minimum Gasteiger partial charge on any atom is -0.308 e. The summed E-state index contributed by atoms with van der Waals surface area (Å²) in [5, 5.41) is 55.1. The maximum Gasteiger partial charge on any atom is 0.104 e. The van der Waals surface area contributed by atoms with Gasteiger partial charge in [-0.3, -0.25) is 0 Å². The van der Waals surface area contributed by atoms with Crippen LogP contribution in [-0.2, 0) is 0 Å². The number of hydrogen-bond donors (Lipinski definition) is 0. The summed E-state index contributed by atoms with van der Waals surface area (Å²) in [6.07, 6.45) is 0. The van der Waals surface area contributed by atoms with E-state index in [9.17, 15) is 26.3 Å². The number of benzene rings is 9. The minimum absolute atomic E-state index is 0.407. The lowest BCUT2D eigenvalue weighted by Crippen LogP contribution is -2.05. The van der Waals surface area contributed by atoms with E-state index in [-0.39, 0.29) is 0 Å². The van der Waals surface area contributed by atoms with E-state index in [1.165, 1.54) is 0 Å². The molecular formula is C64H34N8. The van der Waals surface area contributed by atoms with Crippen LogP contribution < -0.4 is 0 Å². The lowest BCUT2D eigenvalue weighted by atomic mass is 9.96. The number of rotatable bonds is 7. The zero-order valence-electron chi connectivity index (χ0n) is 38.2. The SMILES string of the molecule is N#Cc1ccc(-c2ccc3c(c2)c2ccccc2n3-c2cc(-c3cc(-c4ccccc4)nc(-c4ccccc4)c3)cc(-n3c4ccccc4c4cc(-c5ccc(C#N)cc5C#N)ccc43)c2C#N)c(C#N)c1. The molecule has 0 fully saturated rings. The van der Waals surface area contributed by atoms with E-state index < -0.39 is 0 Å². The van der Waals surface area contributed by atoms with Gasteiger partial charge in [0.2, 0.25) is 0 Å². The van der Waals surface area contributed by atoms with E-state index in [1.54, 1.807) is 24.3 Å². The van der Waals surface area contributed by atoms with Gasteiger partial charge in [0, 0.05) is 32.7 Å². The first-order valence-electron chi connectivity index (χ1n) is 23.1. The molecule has 0 saturated carbocycles. The Labute approximate surface area is 413 Å². The van der Waals surface area contributed by atoms with E-state index >= 15 is 0 Å². The second kappa shape index (κ2) is 17.4. The molecule has 8 nitrogen and oxygen atoms in total. The largest absolute Gasteiger partial charge is 0.308 e. The molecule has 9 aromatic carbocycles. The Balaban J connectivity index is 1.17. The van der Waals surface area contributed by atoms with Gasteiger partial charge in [0.25, 0.3) is 0 Å². The average molecular weight is 915 g/mol. The molecule has 0 aliphatic heterocycles. The van der Waals surface area contributed by atoms with Crippen molar-refractivity contribution in [3.05, 3.63) is 234 Å². The molecule has 0 spiro atoms. The molecule has 12 rings (SSSR count). The van der Waals surface area contributed by atoms with Crippen molar-refractivity contribution in [3.8, 4) is 97.6 Å². The van der Waals surface area contributed by atoms with Gasteiger partial charge in [-0.15, -0.1) is 0 Å². The van der Waals surface area contributed by atoms with Crippen molar-refractivity contribution in [2.24, 2.45) is 0 Å². The molecular weight excluding hydrogens is 881 g/mol. The maximum absolute atomic E-state index is 11.7. The molecule has 0 aliphatic carbocycles. The van der Waals surface area contributed by atoms with Gasteiger partial charge >= 0.3 is 0 Å². The maximum atomic E-state index is 11.7.